The Hall–Kier alpha value is -2.22. The number of rotatable bonds is 3. The van der Waals surface area contributed by atoms with E-state index in [1.807, 2.05) is 7.05 Å². The molecule has 1 saturated heterocycles. The summed E-state index contributed by atoms with van der Waals surface area (Å²) in [5.74, 6) is 0.763. The topological polar surface area (TPSA) is 116 Å². The van der Waals surface area contributed by atoms with Crippen LogP contribution in [0.25, 0.3) is 11.0 Å². The van der Waals surface area contributed by atoms with Gasteiger partial charge in [0.2, 0.25) is 5.91 Å². The molecule has 3 rings (SSSR count). The highest BCUT2D eigenvalue weighted by atomic mass is 16.1. The third-order valence-electron chi connectivity index (χ3n) is 3.94. The van der Waals surface area contributed by atoms with Crippen molar-refractivity contribution in [2.24, 2.45) is 18.7 Å². The van der Waals surface area contributed by atoms with E-state index in [1.54, 1.807) is 10.9 Å². The van der Waals surface area contributed by atoms with Crippen LogP contribution in [0.1, 0.15) is 18.7 Å². The predicted molar refractivity (Wildman–Crippen MR) is 77.9 cm³/mol. The largest absolute Gasteiger partial charge is 0.383 e. The van der Waals surface area contributed by atoms with Crippen LogP contribution in [0.15, 0.2) is 6.20 Å². The molecule has 4 N–H and O–H groups in total. The zero-order chi connectivity index (χ0) is 15.0. The van der Waals surface area contributed by atoms with E-state index in [2.05, 4.69) is 20.0 Å². The molecule has 3 heterocycles. The molecule has 8 heteroatoms. The summed E-state index contributed by atoms with van der Waals surface area (Å²) in [6.45, 7) is 2.13. The number of hydrogen-bond acceptors (Lipinski definition) is 6. The molecule has 0 aromatic carbocycles. The van der Waals surface area contributed by atoms with Gasteiger partial charge < -0.3 is 11.5 Å². The molecule has 1 fully saturated rings. The van der Waals surface area contributed by atoms with Gasteiger partial charge in [-0.1, -0.05) is 0 Å². The van der Waals surface area contributed by atoms with Crippen LogP contribution in [-0.2, 0) is 18.4 Å². The number of hydrogen-bond donors (Lipinski definition) is 2. The Morgan fingerprint density at radius 2 is 2.29 bits per heavy atom. The Kier molecular flexibility index (Phi) is 3.46. The van der Waals surface area contributed by atoms with Crippen molar-refractivity contribution in [3.05, 3.63) is 12.0 Å². The van der Waals surface area contributed by atoms with Crippen LogP contribution in [0.3, 0.4) is 0 Å². The second kappa shape index (κ2) is 5.28. The molecular formula is C13H19N7O. The van der Waals surface area contributed by atoms with Gasteiger partial charge in [0, 0.05) is 13.6 Å². The fourth-order valence-electron chi connectivity index (χ4n) is 2.79. The van der Waals surface area contributed by atoms with Gasteiger partial charge in [-0.3, -0.25) is 14.4 Å². The third kappa shape index (κ3) is 2.66. The van der Waals surface area contributed by atoms with Crippen molar-refractivity contribution in [2.75, 3.05) is 18.8 Å². The van der Waals surface area contributed by atoms with Crippen LogP contribution in [0.5, 0.6) is 0 Å². The van der Waals surface area contributed by atoms with Gasteiger partial charge in [0.05, 0.1) is 24.0 Å². The van der Waals surface area contributed by atoms with Gasteiger partial charge in [0.25, 0.3) is 0 Å². The Balaban J connectivity index is 1.81. The number of piperidine rings is 1. The lowest BCUT2D eigenvalue weighted by Crippen LogP contribution is -2.41. The summed E-state index contributed by atoms with van der Waals surface area (Å²) in [5, 5.41) is 4.90. The minimum Gasteiger partial charge on any atom is -0.383 e. The summed E-state index contributed by atoms with van der Waals surface area (Å²) in [4.78, 5) is 22.3. The van der Waals surface area contributed by atoms with Crippen molar-refractivity contribution >= 4 is 22.8 Å². The SMILES string of the molecule is Cn1ncc2c(N)nc(CN3CCCC(C(N)=O)C3)nc21. The second-order valence-electron chi connectivity index (χ2n) is 5.51. The van der Waals surface area contributed by atoms with Crippen LogP contribution in [0.2, 0.25) is 0 Å². The number of likely N-dealkylation sites (tertiary alicyclic amines) is 1. The molecule has 0 bridgehead atoms. The maximum atomic E-state index is 11.3. The molecule has 1 amide bonds. The lowest BCUT2D eigenvalue weighted by molar-refractivity contribution is -0.123. The van der Waals surface area contributed by atoms with Gasteiger partial charge in [-0.15, -0.1) is 0 Å². The lowest BCUT2D eigenvalue weighted by Gasteiger charge is -2.30. The Morgan fingerprint density at radius 1 is 1.48 bits per heavy atom. The molecule has 0 radical (unpaired) electrons. The third-order valence-corrected chi connectivity index (χ3v) is 3.94. The first-order chi connectivity index (χ1) is 10.0. The molecule has 2 aromatic heterocycles. The number of anilines is 1. The number of aryl methyl sites for hydroxylation is 1. The first kappa shape index (κ1) is 13.7. The Morgan fingerprint density at radius 3 is 3.05 bits per heavy atom. The van der Waals surface area contributed by atoms with E-state index in [4.69, 9.17) is 11.5 Å². The molecule has 1 aliphatic heterocycles. The van der Waals surface area contributed by atoms with Gasteiger partial charge in [-0.25, -0.2) is 9.97 Å². The fraction of sp³-hybridized carbons (Fsp3) is 0.538. The number of nitrogen functional groups attached to an aromatic ring is 1. The van der Waals surface area contributed by atoms with Crippen LogP contribution < -0.4 is 11.5 Å². The normalized spacial score (nSPS) is 20.0. The fourth-order valence-corrected chi connectivity index (χ4v) is 2.79. The number of carbonyl (C=O) groups is 1. The van der Waals surface area contributed by atoms with Gasteiger partial charge in [0.15, 0.2) is 5.65 Å². The molecule has 0 aliphatic carbocycles. The highest BCUT2D eigenvalue weighted by Gasteiger charge is 2.24. The van der Waals surface area contributed by atoms with E-state index in [0.717, 1.165) is 30.4 Å². The van der Waals surface area contributed by atoms with Gasteiger partial charge in [-0.05, 0) is 19.4 Å². The van der Waals surface area contributed by atoms with Gasteiger partial charge in [0.1, 0.15) is 11.6 Å². The van der Waals surface area contributed by atoms with E-state index >= 15 is 0 Å². The molecule has 1 aliphatic rings. The molecule has 112 valence electrons. The van der Waals surface area contributed by atoms with Crippen molar-refractivity contribution in [1.29, 1.82) is 0 Å². The van der Waals surface area contributed by atoms with Crippen molar-refractivity contribution < 1.29 is 4.79 Å². The highest BCUT2D eigenvalue weighted by molar-refractivity contribution is 5.84. The minimum atomic E-state index is -0.234. The number of nitrogens with two attached hydrogens (primary N) is 2. The van der Waals surface area contributed by atoms with Crippen molar-refractivity contribution in [1.82, 2.24) is 24.6 Å². The summed E-state index contributed by atoms with van der Waals surface area (Å²) in [5.41, 5.74) is 12.1. The molecule has 21 heavy (non-hydrogen) atoms. The summed E-state index contributed by atoms with van der Waals surface area (Å²) in [6, 6.07) is 0. The lowest BCUT2D eigenvalue weighted by atomic mass is 9.97. The average Bonchev–Trinajstić information content (AvgIpc) is 2.81. The number of amides is 1. The van der Waals surface area contributed by atoms with Crippen LogP contribution in [0.4, 0.5) is 5.82 Å². The maximum Gasteiger partial charge on any atom is 0.221 e. The first-order valence-electron chi connectivity index (χ1n) is 7.00. The van der Waals surface area contributed by atoms with Crippen LogP contribution >= 0.6 is 0 Å². The van der Waals surface area contributed by atoms with Crippen molar-refractivity contribution in [3.63, 3.8) is 0 Å². The molecule has 1 atom stereocenters. The standard InChI is InChI=1S/C13H19N7O/c1-19-13-9(5-16-19)11(14)17-10(18-13)7-20-4-2-3-8(6-20)12(15)21/h5,8H,2-4,6-7H2,1H3,(H2,15,21)(H2,14,17,18). The maximum absolute atomic E-state index is 11.3. The molecule has 0 saturated carbocycles. The zero-order valence-corrected chi connectivity index (χ0v) is 12.0. The number of fused-ring (bicyclic) bond motifs is 1. The van der Waals surface area contributed by atoms with Gasteiger partial charge >= 0.3 is 0 Å². The van der Waals surface area contributed by atoms with E-state index in [-0.39, 0.29) is 11.8 Å². The molecule has 2 aromatic rings. The average molecular weight is 289 g/mol. The van der Waals surface area contributed by atoms with Gasteiger partial charge in [-0.2, -0.15) is 5.10 Å². The number of nitrogens with zero attached hydrogens (tertiary/aromatic N) is 5. The van der Waals surface area contributed by atoms with Crippen molar-refractivity contribution in [2.45, 2.75) is 19.4 Å². The highest BCUT2D eigenvalue weighted by Crippen LogP contribution is 2.20. The molecular weight excluding hydrogens is 270 g/mol. The smallest absolute Gasteiger partial charge is 0.221 e. The van der Waals surface area contributed by atoms with Crippen molar-refractivity contribution in [3.8, 4) is 0 Å². The van der Waals surface area contributed by atoms with E-state index in [9.17, 15) is 4.79 Å². The second-order valence-corrected chi connectivity index (χ2v) is 5.51. The quantitative estimate of drug-likeness (QED) is 0.797. The summed E-state index contributed by atoms with van der Waals surface area (Å²) >= 11 is 0. The van der Waals surface area contributed by atoms with E-state index in [0.29, 0.717) is 24.7 Å². The number of carbonyl (C=O) groups excluding carboxylic acids is 1. The summed E-state index contributed by atoms with van der Waals surface area (Å²) < 4.78 is 1.68. The van der Waals surface area contributed by atoms with E-state index < -0.39 is 0 Å². The first-order valence-corrected chi connectivity index (χ1v) is 7.00. The number of aromatic nitrogens is 4. The molecule has 8 nitrogen and oxygen atoms in total. The van der Waals surface area contributed by atoms with Crippen LogP contribution in [-0.4, -0.2) is 43.6 Å². The molecule has 0 spiro atoms. The summed E-state index contributed by atoms with van der Waals surface area (Å²) in [7, 11) is 1.82. The Bertz CT molecular complexity index is 680. The monoisotopic (exact) mass is 289 g/mol. The summed E-state index contributed by atoms with van der Waals surface area (Å²) in [6.07, 6.45) is 3.48. The minimum absolute atomic E-state index is 0.0865. The Labute approximate surface area is 122 Å². The van der Waals surface area contributed by atoms with E-state index in [1.165, 1.54) is 0 Å². The molecule has 1 unspecified atom stereocenters. The predicted octanol–water partition coefficient (Wildman–Crippen LogP) is -0.357. The van der Waals surface area contributed by atoms with Crippen LogP contribution in [0, 0.1) is 5.92 Å². The number of primary amides is 1. The zero-order valence-electron chi connectivity index (χ0n) is 12.0.